The van der Waals surface area contributed by atoms with E-state index < -0.39 is 22.7 Å². The van der Waals surface area contributed by atoms with E-state index in [-0.39, 0.29) is 42.6 Å². The molecule has 0 aliphatic heterocycles. The number of halogens is 1. The van der Waals surface area contributed by atoms with Crippen LogP contribution in [0.4, 0.5) is 10.1 Å². The van der Waals surface area contributed by atoms with Crippen molar-refractivity contribution in [3.63, 3.8) is 0 Å². The maximum Gasteiger partial charge on any atom is 0.269 e. The quantitative estimate of drug-likeness (QED) is 0.118. The highest BCUT2D eigenvalue weighted by Gasteiger charge is 2.27. The number of nitro groups is 1. The first-order valence-corrected chi connectivity index (χ1v) is 15.3. The Morgan fingerprint density at radius 3 is 2.46 bits per heavy atom. The van der Waals surface area contributed by atoms with Crippen LogP contribution in [0.3, 0.4) is 0 Å². The molecule has 0 fully saturated rings. The minimum absolute atomic E-state index is 0.00745. The molecule has 5 rings (SSSR count). The lowest BCUT2D eigenvalue weighted by molar-refractivity contribution is -0.384. The maximum absolute atomic E-state index is 14.9. The van der Waals surface area contributed by atoms with Gasteiger partial charge < -0.3 is 14.8 Å². The van der Waals surface area contributed by atoms with Crippen LogP contribution >= 0.6 is 0 Å². The molecule has 1 N–H and O–H groups in total. The summed E-state index contributed by atoms with van der Waals surface area (Å²) in [5, 5.41) is 16.2. The van der Waals surface area contributed by atoms with Gasteiger partial charge in [0.1, 0.15) is 5.82 Å². The molecule has 10 heteroatoms. The molecule has 0 spiro atoms. The molecule has 0 aliphatic carbocycles. The van der Waals surface area contributed by atoms with Crippen LogP contribution < -0.4 is 5.32 Å². The second kappa shape index (κ2) is 14.6. The number of fused-ring (bicyclic) bond motifs is 1. The lowest BCUT2D eigenvalue weighted by atomic mass is 9.97. The molecule has 0 saturated heterocycles. The molecule has 0 saturated carbocycles. The van der Waals surface area contributed by atoms with Gasteiger partial charge in [0.05, 0.1) is 23.2 Å². The van der Waals surface area contributed by atoms with Crippen LogP contribution in [0.15, 0.2) is 104 Å². The lowest BCUT2D eigenvalue weighted by Gasteiger charge is -2.32. The highest BCUT2D eigenvalue weighted by Crippen LogP contribution is 2.23. The fraction of sp³-hybridized carbons (Fsp3) is 0.250. The van der Waals surface area contributed by atoms with Gasteiger partial charge in [-0.3, -0.25) is 19.7 Å². The average Bonchev–Trinajstić information content (AvgIpc) is 3.49. The Morgan fingerprint density at radius 2 is 1.72 bits per heavy atom. The first kappa shape index (κ1) is 32.0. The van der Waals surface area contributed by atoms with E-state index in [9.17, 15) is 24.1 Å². The van der Waals surface area contributed by atoms with Gasteiger partial charge in [0, 0.05) is 49.7 Å². The Labute approximate surface area is 266 Å². The fourth-order valence-corrected chi connectivity index (χ4v) is 5.53. The van der Waals surface area contributed by atoms with Gasteiger partial charge in [0.15, 0.2) is 0 Å². The Hall–Kier alpha value is -5.38. The van der Waals surface area contributed by atoms with Crippen molar-refractivity contribution < 1.29 is 18.9 Å². The van der Waals surface area contributed by atoms with Crippen LogP contribution in [0.25, 0.3) is 10.8 Å². The van der Waals surface area contributed by atoms with E-state index in [0.717, 1.165) is 28.3 Å². The normalized spacial score (nSPS) is 12.4. The number of nitro benzene ring substituents is 1. The number of benzene rings is 4. The summed E-state index contributed by atoms with van der Waals surface area (Å²) >= 11 is 0. The van der Waals surface area contributed by atoms with Gasteiger partial charge in [-0.2, -0.15) is 0 Å². The van der Waals surface area contributed by atoms with E-state index in [0.29, 0.717) is 12.2 Å². The van der Waals surface area contributed by atoms with Crippen molar-refractivity contribution >= 4 is 28.3 Å². The number of amides is 2. The highest BCUT2D eigenvalue weighted by atomic mass is 19.1. The van der Waals surface area contributed by atoms with Crippen LogP contribution in [0, 0.1) is 21.8 Å². The number of nitrogens with one attached hydrogen (secondary N) is 1. The second-order valence-corrected chi connectivity index (χ2v) is 11.5. The summed E-state index contributed by atoms with van der Waals surface area (Å²) in [6, 6.07) is 25.6. The summed E-state index contributed by atoms with van der Waals surface area (Å²) in [6.45, 7) is 4.86. The average molecular weight is 622 g/mol. The van der Waals surface area contributed by atoms with Crippen LogP contribution in [-0.2, 0) is 24.3 Å². The molecule has 1 aromatic heterocycles. The third kappa shape index (κ3) is 7.63. The fourth-order valence-electron chi connectivity index (χ4n) is 5.53. The summed E-state index contributed by atoms with van der Waals surface area (Å²) in [5.74, 6) is -1.27. The Kier molecular flexibility index (Phi) is 10.2. The number of carbonyl (C=O) groups excluding carboxylic acids is 2. The van der Waals surface area contributed by atoms with E-state index in [4.69, 9.17) is 0 Å². The molecule has 236 valence electrons. The zero-order valence-electron chi connectivity index (χ0n) is 25.8. The molecule has 0 radical (unpaired) electrons. The topological polar surface area (TPSA) is 110 Å². The smallest absolute Gasteiger partial charge is 0.269 e. The van der Waals surface area contributed by atoms with Crippen LogP contribution in [-0.4, -0.2) is 43.8 Å². The Bertz CT molecular complexity index is 1830. The summed E-state index contributed by atoms with van der Waals surface area (Å²) in [7, 11) is 0. The molecule has 9 nitrogen and oxygen atoms in total. The van der Waals surface area contributed by atoms with Crippen molar-refractivity contribution in [2.45, 2.75) is 45.8 Å². The summed E-state index contributed by atoms with van der Waals surface area (Å²) in [6.07, 6.45) is 4.04. The van der Waals surface area contributed by atoms with E-state index in [1.54, 1.807) is 41.7 Å². The number of carbonyl (C=O) groups is 2. The summed E-state index contributed by atoms with van der Waals surface area (Å²) < 4.78 is 16.7. The van der Waals surface area contributed by atoms with Crippen molar-refractivity contribution in [3.05, 3.63) is 142 Å². The zero-order chi connectivity index (χ0) is 32.6. The Morgan fingerprint density at radius 1 is 1.00 bits per heavy atom. The molecule has 0 aliphatic rings. The minimum Gasteiger partial charge on any atom is -0.351 e. The molecular weight excluding hydrogens is 585 g/mol. The third-order valence-corrected chi connectivity index (χ3v) is 8.37. The lowest BCUT2D eigenvalue weighted by Crippen LogP contribution is -2.49. The van der Waals surface area contributed by atoms with Gasteiger partial charge in [-0.05, 0) is 39.9 Å². The van der Waals surface area contributed by atoms with Crippen LogP contribution in [0.5, 0.6) is 0 Å². The monoisotopic (exact) mass is 621 g/mol. The van der Waals surface area contributed by atoms with Crippen LogP contribution in [0.2, 0.25) is 0 Å². The van der Waals surface area contributed by atoms with Gasteiger partial charge in [-0.25, -0.2) is 9.37 Å². The standard InChI is InChI=1S/C36H36FN5O4/c1-3-25(2)34(39-35(43)19-30-20-38-24-41(30)21-26-15-17-29(18-16-26)42(45)46)23-40(36(44)32-13-6-7-14-33(32)37)22-28-11-8-10-27-9-4-5-12-31(27)28/h4-18,20,24-25,34H,3,19,21-23H2,1-2H3,(H,39,43)/t25-,34+/m0/s1. The van der Waals surface area contributed by atoms with E-state index in [1.807, 2.05) is 60.9 Å². The van der Waals surface area contributed by atoms with Gasteiger partial charge >= 0.3 is 0 Å². The molecule has 1 heterocycles. The van der Waals surface area contributed by atoms with Gasteiger partial charge in [0.2, 0.25) is 5.91 Å². The molecule has 5 aromatic rings. The molecule has 0 bridgehead atoms. The number of imidazole rings is 1. The predicted molar refractivity (Wildman–Crippen MR) is 175 cm³/mol. The number of aromatic nitrogens is 2. The van der Waals surface area contributed by atoms with Gasteiger partial charge in [-0.1, -0.05) is 87.0 Å². The SMILES string of the molecule is CC[C@H](C)[C@@H](CN(Cc1cccc2ccccc12)C(=O)c1ccccc1F)NC(=O)Cc1cncn1Cc1ccc([N+](=O)[O-])cc1. The molecule has 2 amide bonds. The maximum atomic E-state index is 14.9. The van der Waals surface area contributed by atoms with E-state index in [1.165, 1.54) is 24.3 Å². The molecule has 46 heavy (non-hydrogen) atoms. The van der Waals surface area contributed by atoms with E-state index >= 15 is 0 Å². The number of non-ortho nitro benzene ring substituents is 1. The first-order chi connectivity index (χ1) is 22.2. The van der Waals surface area contributed by atoms with Crippen LogP contribution in [0.1, 0.15) is 47.4 Å². The first-order valence-electron chi connectivity index (χ1n) is 15.3. The third-order valence-electron chi connectivity index (χ3n) is 8.37. The van der Waals surface area contributed by atoms with E-state index in [2.05, 4.69) is 10.3 Å². The van der Waals surface area contributed by atoms with Gasteiger partial charge in [0.25, 0.3) is 11.6 Å². The zero-order valence-corrected chi connectivity index (χ0v) is 25.8. The number of hydrogen-bond acceptors (Lipinski definition) is 5. The highest BCUT2D eigenvalue weighted by molar-refractivity contribution is 5.95. The minimum atomic E-state index is -0.596. The summed E-state index contributed by atoms with van der Waals surface area (Å²) in [4.78, 5) is 43.8. The van der Waals surface area contributed by atoms with Crippen molar-refractivity contribution in [1.82, 2.24) is 19.8 Å². The molecular formula is C36H36FN5O4. The Balaban J connectivity index is 1.36. The predicted octanol–water partition coefficient (Wildman–Crippen LogP) is 6.55. The van der Waals surface area contributed by atoms with Crippen molar-refractivity contribution in [3.8, 4) is 0 Å². The molecule has 4 aromatic carbocycles. The number of rotatable bonds is 13. The molecule has 2 atom stereocenters. The summed E-state index contributed by atoms with van der Waals surface area (Å²) in [5.41, 5.74) is 2.42. The number of hydrogen-bond donors (Lipinski definition) is 1. The molecule has 0 unspecified atom stereocenters. The van der Waals surface area contributed by atoms with Crippen molar-refractivity contribution in [1.29, 1.82) is 0 Å². The van der Waals surface area contributed by atoms with Crippen molar-refractivity contribution in [2.24, 2.45) is 5.92 Å². The number of nitrogens with zero attached hydrogens (tertiary/aromatic N) is 4. The largest absolute Gasteiger partial charge is 0.351 e. The van der Waals surface area contributed by atoms with Crippen molar-refractivity contribution in [2.75, 3.05) is 6.54 Å². The second-order valence-electron chi connectivity index (χ2n) is 11.5. The van der Waals surface area contributed by atoms with Gasteiger partial charge in [-0.15, -0.1) is 0 Å².